The van der Waals surface area contributed by atoms with Crippen LogP contribution in [-0.2, 0) is 18.0 Å². The first-order valence-electron chi connectivity index (χ1n) is 9.47. The highest BCUT2D eigenvalue weighted by Gasteiger charge is 2.13. The van der Waals surface area contributed by atoms with Gasteiger partial charge in [-0.1, -0.05) is 76.6 Å². The van der Waals surface area contributed by atoms with Crippen molar-refractivity contribution in [1.29, 1.82) is 0 Å². The van der Waals surface area contributed by atoms with Gasteiger partial charge in [0.2, 0.25) is 0 Å². The topological polar surface area (TPSA) is 44.8 Å². The number of benzene rings is 3. The second-order valence-electron chi connectivity index (χ2n) is 6.39. The number of halogens is 1. The van der Waals surface area contributed by atoms with Gasteiger partial charge >= 0.3 is 5.97 Å². The number of rotatable bonds is 10. The predicted octanol–water partition coefficient (Wildman–Crippen LogP) is 5.79. The van der Waals surface area contributed by atoms with E-state index in [0.717, 1.165) is 22.9 Å². The van der Waals surface area contributed by atoms with Crippen LogP contribution < -0.4 is 9.47 Å². The van der Waals surface area contributed by atoms with E-state index in [9.17, 15) is 4.79 Å². The quantitative estimate of drug-likeness (QED) is 0.221. The molecule has 150 valence electrons. The average molecular weight is 455 g/mol. The molecule has 0 amide bonds. The Morgan fingerprint density at radius 1 is 0.759 bits per heavy atom. The Morgan fingerprint density at radius 2 is 1.34 bits per heavy atom. The van der Waals surface area contributed by atoms with Gasteiger partial charge in [-0.15, -0.1) is 0 Å². The molecule has 0 atom stereocenters. The van der Waals surface area contributed by atoms with E-state index in [1.165, 1.54) is 0 Å². The SMILES string of the molecule is O=C(OCCCBr)c1ccc(OCc2ccccc2)c(OCc2ccccc2)c1. The molecule has 29 heavy (non-hydrogen) atoms. The summed E-state index contributed by atoms with van der Waals surface area (Å²) in [5.74, 6) is 0.728. The molecule has 0 N–H and O–H groups in total. The van der Waals surface area contributed by atoms with Crippen LogP contribution in [0.15, 0.2) is 78.9 Å². The number of esters is 1. The number of hydrogen-bond donors (Lipinski definition) is 0. The van der Waals surface area contributed by atoms with Crippen LogP contribution >= 0.6 is 15.9 Å². The zero-order valence-corrected chi connectivity index (χ0v) is 17.6. The highest BCUT2D eigenvalue weighted by atomic mass is 79.9. The van der Waals surface area contributed by atoms with Gasteiger partial charge in [-0.3, -0.25) is 0 Å². The monoisotopic (exact) mass is 454 g/mol. The summed E-state index contributed by atoms with van der Waals surface area (Å²) in [7, 11) is 0. The van der Waals surface area contributed by atoms with Crippen molar-refractivity contribution < 1.29 is 19.0 Å². The molecular weight excluding hydrogens is 432 g/mol. The van der Waals surface area contributed by atoms with Crippen LogP contribution in [0, 0.1) is 0 Å². The lowest BCUT2D eigenvalue weighted by molar-refractivity contribution is 0.0506. The Labute approximate surface area is 179 Å². The highest BCUT2D eigenvalue weighted by molar-refractivity contribution is 9.09. The zero-order valence-electron chi connectivity index (χ0n) is 16.1. The van der Waals surface area contributed by atoms with Crippen LogP contribution in [0.2, 0.25) is 0 Å². The minimum atomic E-state index is -0.370. The minimum absolute atomic E-state index is 0.370. The summed E-state index contributed by atoms with van der Waals surface area (Å²) in [6, 6.07) is 24.9. The van der Waals surface area contributed by atoms with Gasteiger partial charge in [0.15, 0.2) is 11.5 Å². The van der Waals surface area contributed by atoms with Crippen LogP contribution in [0.3, 0.4) is 0 Å². The van der Waals surface area contributed by atoms with Crippen LogP contribution in [0.25, 0.3) is 0 Å². The molecule has 0 spiro atoms. The molecule has 0 saturated heterocycles. The van der Waals surface area contributed by atoms with E-state index in [4.69, 9.17) is 14.2 Å². The molecule has 0 bridgehead atoms. The summed E-state index contributed by atoms with van der Waals surface area (Å²) in [6.07, 6.45) is 0.765. The van der Waals surface area contributed by atoms with Crippen molar-refractivity contribution in [2.45, 2.75) is 19.6 Å². The van der Waals surface area contributed by atoms with Crippen molar-refractivity contribution in [3.8, 4) is 11.5 Å². The second kappa shape index (κ2) is 11.3. The Balaban J connectivity index is 1.74. The first kappa shape index (κ1) is 20.9. The molecule has 3 rings (SSSR count). The van der Waals surface area contributed by atoms with Crippen molar-refractivity contribution in [3.63, 3.8) is 0 Å². The van der Waals surface area contributed by atoms with E-state index in [-0.39, 0.29) is 5.97 Å². The zero-order chi connectivity index (χ0) is 20.3. The second-order valence-corrected chi connectivity index (χ2v) is 7.18. The van der Waals surface area contributed by atoms with E-state index in [1.807, 2.05) is 60.7 Å². The van der Waals surface area contributed by atoms with Crippen molar-refractivity contribution in [1.82, 2.24) is 0 Å². The number of carbonyl (C=O) groups excluding carboxylic acids is 1. The maximum Gasteiger partial charge on any atom is 0.338 e. The first-order valence-corrected chi connectivity index (χ1v) is 10.6. The van der Waals surface area contributed by atoms with Crippen LogP contribution in [-0.4, -0.2) is 17.9 Å². The average Bonchev–Trinajstić information content (AvgIpc) is 2.78. The standard InChI is InChI=1S/C24H23BrO4/c25-14-7-15-27-24(26)21-12-13-22(28-17-19-8-3-1-4-9-19)23(16-21)29-18-20-10-5-2-6-11-20/h1-6,8-13,16H,7,14-15,17-18H2. The van der Waals surface area contributed by atoms with Crippen LogP contribution in [0.5, 0.6) is 11.5 Å². The lowest BCUT2D eigenvalue weighted by atomic mass is 10.2. The lowest BCUT2D eigenvalue weighted by Gasteiger charge is -2.14. The molecular formula is C24H23BrO4. The maximum atomic E-state index is 12.3. The Kier molecular flexibility index (Phi) is 8.13. The molecule has 0 aliphatic carbocycles. The molecule has 0 aliphatic heterocycles. The molecule has 0 unspecified atom stereocenters. The molecule has 0 radical (unpaired) electrons. The summed E-state index contributed by atoms with van der Waals surface area (Å²) >= 11 is 3.33. The fraction of sp³-hybridized carbons (Fsp3) is 0.208. The molecule has 0 heterocycles. The molecule has 4 nitrogen and oxygen atoms in total. The van der Waals surface area contributed by atoms with Gasteiger partial charge in [0.05, 0.1) is 12.2 Å². The molecule has 3 aromatic rings. The predicted molar refractivity (Wildman–Crippen MR) is 117 cm³/mol. The molecule has 3 aromatic carbocycles. The minimum Gasteiger partial charge on any atom is -0.485 e. The molecule has 0 aromatic heterocycles. The third kappa shape index (κ3) is 6.64. The van der Waals surface area contributed by atoms with Gasteiger partial charge in [-0.25, -0.2) is 4.79 Å². The lowest BCUT2D eigenvalue weighted by Crippen LogP contribution is -2.08. The highest BCUT2D eigenvalue weighted by Crippen LogP contribution is 2.30. The summed E-state index contributed by atoms with van der Waals surface area (Å²) in [5, 5.41) is 0.790. The van der Waals surface area contributed by atoms with Crippen LogP contribution in [0.1, 0.15) is 27.9 Å². The number of carbonyl (C=O) groups is 1. The smallest absolute Gasteiger partial charge is 0.338 e. The van der Waals surface area contributed by atoms with Crippen molar-refractivity contribution in [2.75, 3.05) is 11.9 Å². The van der Waals surface area contributed by atoms with E-state index >= 15 is 0 Å². The Hall–Kier alpha value is -2.79. The van der Waals surface area contributed by atoms with Gasteiger partial charge in [0.1, 0.15) is 13.2 Å². The molecule has 0 aliphatic rings. The molecule has 5 heteroatoms. The van der Waals surface area contributed by atoms with Crippen molar-refractivity contribution in [3.05, 3.63) is 95.6 Å². The van der Waals surface area contributed by atoms with Gasteiger partial charge < -0.3 is 14.2 Å². The van der Waals surface area contributed by atoms with Gasteiger partial charge in [-0.2, -0.15) is 0 Å². The fourth-order valence-corrected chi connectivity index (χ4v) is 2.87. The summed E-state index contributed by atoms with van der Waals surface area (Å²) < 4.78 is 17.2. The third-order valence-corrected chi connectivity index (χ3v) is 4.73. The largest absolute Gasteiger partial charge is 0.485 e. The molecule has 0 saturated carbocycles. The number of ether oxygens (including phenoxy) is 3. The van der Waals surface area contributed by atoms with E-state index in [2.05, 4.69) is 15.9 Å². The first-order chi connectivity index (χ1) is 14.3. The van der Waals surface area contributed by atoms with Crippen molar-refractivity contribution >= 4 is 21.9 Å². The van der Waals surface area contributed by atoms with E-state index < -0.39 is 0 Å². The number of hydrogen-bond acceptors (Lipinski definition) is 4. The van der Waals surface area contributed by atoms with Gasteiger partial charge in [0.25, 0.3) is 0 Å². The summed E-state index contributed by atoms with van der Waals surface area (Å²) in [6.45, 7) is 1.17. The van der Waals surface area contributed by atoms with Crippen LogP contribution in [0.4, 0.5) is 0 Å². The van der Waals surface area contributed by atoms with E-state index in [1.54, 1.807) is 18.2 Å². The van der Waals surface area contributed by atoms with E-state index in [0.29, 0.717) is 36.9 Å². The summed E-state index contributed by atoms with van der Waals surface area (Å²) in [4.78, 5) is 12.3. The third-order valence-electron chi connectivity index (χ3n) is 4.16. The van der Waals surface area contributed by atoms with Gasteiger partial charge in [0, 0.05) is 5.33 Å². The fourth-order valence-electron chi connectivity index (χ4n) is 2.64. The van der Waals surface area contributed by atoms with Gasteiger partial charge in [-0.05, 0) is 35.7 Å². The maximum absolute atomic E-state index is 12.3. The van der Waals surface area contributed by atoms with Crippen molar-refractivity contribution in [2.24, 2.45) is 0 Å². The number of alkyl halides is 1. The summed E-state index contributed by atoms with van der Waals surface area (Å²) in [5.41, 5.74) is 2.53. The Morgan fingerprint density at radius 3 is 1.93 bits per heavy atom. The Bertz CT molecular complexity index is 897. The molecule has 0 fully saturated rings. The normalized spacial score (nSPS) is 10.4.